The molecule has 1 saturated heterocycles. The Morgan fingerprint density at radius 2 is 1.46 bits per heavy atom. The second-order valence-corrected chi connectivity index (χ2v) is 22.2. The summed E-state index contributed by atoms with van der Waals surface area (Å²) in [6, 6.07) is 0. The first-order valence-electron chi connectivity index (χ1n) is 22.5. The van der Waals surface area contributed by atoms with Gasteiger partial charge in [-0.3, -0.25) is 32.6 Å². The molecule has 0 aliphatic carbocycles. The second-order valence-electron chi connectivity index (χ2n) is 16.9. The molecule has 2 aromatic rings. The number of nitrogen functional groups attached to an aromatic ring is 1. The zero-order valence-corrected chi connectivity index (χ0v) is 44.8. The summed E-state index contributed by atoms with van der Waals surface area (Å²) in [6.07, 6.45) is 11.8. The molecule has 1 aliphatic rings. The van der Waals surface area contributed by atoms with E-state index in [0.29, 0.717) is 12.2 Å². The maximum atomic E-state index is 12.6. The van der Waals surface area contributed by atoms with Gasteiger partial charge >= 0.3 is 29.6 Å². The van der Waals surface area contributed by atoms with Crippen molar-refractivity contribution in [2.24, 2.45) is 5.41 Å². The second kappa shape index (κ2) is 31.2. The number of nitrogens with two attached hydrogens (primary N) is 1. The van der Waals surface area contributed by atoms with E-state index in [2.05, 4.69) is 50.4 Å². The molecule has 7 N–H and O–H groups in total. The van der Waals surface area contributed by atoms with Crippen molar-refractivity contribution in [3.05, 3.63) is 12.7 Å². The van der Waals surface area contributed by atoms with Crippen molar-refractivity contribution >= 4 is 69.1 Å². The van der Waals surface area contributed by atoms with Crippen LogP contribution in [0.3, 0.4) is 0 Å². The van der Waals surface area contributed by atoms with Crippen LogP contribution < -0.4 is 60.6 Å². The van der Waals surface area contributed by atoms with Crippen LogP contribution in [0.15, 0.2) is 12.7 Å². The smallest absolute Gasteiger partial charge is 0.756 e. The number of nitrogens with one attached hydrogen (secondary N) is 2. The number of phosphoric acid groups is 3. The number of aliphatic hydroxyl groups is 2. The number of anilines is 1. The zero-order chi connectivity index (χ0) is 49.7. The molecule has 0 radical (unpaired) electrons. The topological polar surface area (TPSA) is 372 Å². The van der Waals surface area contributed by atoms with E-state index in [9.17, 15) is 57.9 Å². The van der Waals surface area contributed by atoms with Gasteiger partial charge in [0.2, 0.25) is 11.8 Å². The van der Waals surface area contributed by atoms with Crippen LogP contribution in [-0.2, 0) is 50.7 Å². The summed E-state index contributed by atoms with van der Waals surface area (Å²) in [5.74, 6) is -1.11. The first-order chi connectivity index (χ1) is 31.6. The van der Waals surface area contributed by atoms with Crippen molar-refractivity contribution in [1.82, 2.24) is 30.2 Å². The number of hydrogen-bond acceptors (Lipinski definition) is 21. The zero-order valence-electron chi connectivity index (χ0n) is 39.3. The molecule has 3 rings (SSSR count). The number of phosphoric ester groups is 3. The Morgan fingerprint density at radius 1 is 0.882 bits per heavy atom. The Morgan fingerprint density at radius 3 is 2.04 bits per heavy atom. The third-order valence-electron chi connectivity index (χ3n) is 10.7. The van der Waals surface area contributed by atoms with Crippen molar-refractivity contribution in [3.63, 3.8) is 0 Å². The van der Waals surface area contributed by atoms with Gasteiger partial charge in [0.1, 0.15) is 36.3 Å². The molecule has 0 aromatic carbocycles. The van der Waals surface area contributed by atoms with Crippen LogP contribution in [0.25, 0.3) is 11.2 Å². The van der Waals surface area contributed by atoms with Gasteiger partial charge in [-0.25, -0.2) is 19.3 Å². The first kappa shape index (κ1) is 62.7. The van der Waals surface area contributed by atoms with E-state index in [1.807, 2.05) is 0 Å². The SMILES string of the molecule is CCCCCCCCCCCCCCCCCC(=O)SCCNC(=O)CCNC(=O)C(O)C(C)(C)COP(=O)([O-])OP(=O)([O-])OCC1OC(n2cnc3c(N)ncnc32)C(O)C1OP(=O)([O-])O.[Na+]. The number of thioether (sulfide) groups is 1. The van der Waals surface area contributed by atoms with E-state index in [0.717, 1.165) is 48.2 Å². The van der Waals surface area contributed by atoms with E-state index >= 15 is 0 Å². The van der Waals surface area contributed by atoms with E-state index in [4.69, 9.17) is 10.5 Å². The van der Waals surface area contributed by atoms with E-state index in [1.54, 1.807) is 0 Å². The third-order valence-corrected chi connectivity index (χ3v) is 14.7. The number of aliphatic hydroxyl groups excluding tert-OH is 2. The number of carbonyl (C=O) groups is 3. The Kier molecular flexibility index (Phi) is 28.8. The Labute approximate surface area is 423 Å². The van der Waals surface area contributed by atoms with Gasteiger partial charge in [-0.05, 0) is 6.42 Å². The molecule has 68 heavy (non-hydrogen) atoms. The van der Waals surface area contributed by atoms with Crippen LogP contribution in [0.4, 0.5) is 5.82 Å². The van der Waals surface area contributed by atoms with Crippen LogP contribution in [0.1, 0.15) is 136 Å². The number of fused-ring (bicyclic) bond motifs is 1. The number of aromatic nitrogens is 4. The maximum absolute atomic E-state index is 12.6. The quantitative estimate of drug-likeness (QED) is 0.0301. The average molecular weight is 1050 g/mol. The van der Waals surface area contributed by atoms with Crippen molar-refractivity contribution in [2.75, 3.05) is 37.8 Å². The average Bonchev–Trinajstić information content (AvgIpc) is 3.81. The molecule has 2 amide bonds. The summed E-state index contributed by atoms with van der Waals surface area (Å²) in [5.41, 5.74) is 4.14. The Balaban J connectivity index is 0.0000159. The minimum Gasteiger partial charge on any atom is -0.756 e. The molecule has 0 saturated carbocycles. The number of hydrogen-bond donors (Lipinski definition) is 6. The molecule has 3 heterocycles. The molecular formula is C39H67N7NaO17P3S-2. The Hall–Kier alpha value is -1.44. The minimum atomic E-state index is -5.90. The van der Waals surface area contributed by atoms with Gasteiger partial charge in [0.05, 0.1) is 19.5 Å². The molecule has 1 fully saturated rings. The van der Waals surface area contributed by atoms with E-state index in [1.165, 1.54) is 90.9 Å². The summed E-state index contributed by atoms with van der Waals surface area (Å²) < 4.78 is 61.2. The summed E-state index contributed by atoms with van der Waals surface area (Å²) >= 11 is 1.15. The molecule has 0 spiro atoms. The molecule has 0 bridgehead atoms. The molecule has 1 aliphatic heterocycles. The van der Waals surface area contributed by atoms with Gasteiger partial charge in [0, 0.05) is 37.1 Å². The van der Waals surface area contributed by atoms with Gasteiger partial charge < -0.3 is 64.5 Å². The van der Waals surface area contributed by atoms with Crippen molar-refractivity contribution in [1.29, 1.82) is 0 Å². The van der Waals surface area contributed by atoms with E-state index in [-0.39, 0.29) is 71.2 Å². The summed E-state index contributed by atoms with van der Waals surface area (Å²) in [6.45, 7) is 2.47. The minimum absolute atomic E-state index is 0. The first-order valence-corrected chi connectivity index (χ1v) is 28.0. The molecule has 8 unspecified atom stereocenters. The van der Waals surface area contributed by atoms with Crippen molar-refractivity contribution in [3.8, 4) is 0 Å². The fourth-order valence-electron chi connectivity index (χ4n) is 6.99. The van der Waals surface area contributed by atoms with Gasteiger partial charge in [-0.15, -0.1) is 0 Å². The van der Waals surface area contributed by atoms with Gasteiger partial charge in [0.25, 0.3) is 23.5 Å². The van der Waals surface area contributed by atoms with Crippen molar-refractivity contribution < 1.29 is 110 Å². The fraction of sp³-hybridized carbons (Fsp3) is 0.795. The maximum Gasteiger partial charge on any atom is 1.00 e. The van der Waals surface area contributed by atoms with Crippen LogP contribution >= 0.6 is 35.2 Å². The number of rotatable bonds is 35. The molecule has 29 heteroatoms. The van der Waals surface area contributed by atoms with Crippen molar-refractivity contribution in [2.45, 2.75) is 161 Å². The van der Waals surface area contributed by atoms with Crippen LogP contribution in [0.2, 0.25) is 0 Å². The van der Waals surface area contributed by atoms with E-state index < -0.39 is 84.6 Å². The number of imidazole rings is 1. The number of nitrogens with zero attached hydrogens (tertiary/aromatic N) is 4. The summed E-state index contributed by atoms with van der Waals surface area (Å²) in [4.78, 5) is 94.9. The predicted octanol–water partition coefficient (Wildman–Crippen LogP) is 0.0342. The fourth-order valence-corrected chi connectivity index (χ4v) is 10.5. The van der Waals surface area contributed by atoms with Gasteiger partial charge in [-0.1, -0.05) is 122 Å². The monoisotopic (exact) mass is 1050 g/mol. The molecule has 8 atom stereocenters. The standard InChI is InChI=1S/C39H70N7O17P3S.Na/c1-4-5-6-7-8-9-10-11-12-13-14-15-16-17-18-19-30(48)67-23-22-41-29(47)20-21-42-37(51)34(50)39(2,3)25-60-66(57,58)63-65(55,56)59-24-28-33(62-64(52,53)54)32(49)38(61-28)46-27-45-31-35(40)43-26-44-36(31)46;/h26-28,32-34,38,49-50H,4-25H2,1-3H3,(H,41,47)(H,42,51)(H,55,56)(H,57,58)(H2,40,43,44)(H2,52,53,54);/q;+1/p-3. The van der Waals surface area contributed by atoms with Gasteiger partial charge in [-0.2, -0.15) is 0 Å². The Bertz CT molecular complexity index is 2000. The number of ether oxygens (including phenoxy) is 1. The largest absolute Gasteiger partial charge is 1.00 e. The molecule has 384 valence electrons. The van der Waals surface area contributed by atoms with Gasteiger partial charge in [0.15, 0.2) is 22.8 Å². The van der Waals surface area contributed by atoms with Crippen LogP contribution in [0.5, 0.6) is 0 Å². The summed E-state index contributed by atoms with van der Waals surface area (Å²) in [5, 5.41) is 26.5. The normalized spacial score (nSPS) is 20.5. The molecule has 24 nitrogen and oxygen atoms in total. The number of unbranched alkanes of at least 4 members (excludes halogenated alkanes) is 14. The predicted molar refractivity (Wildman–Crippen MR) is 240 cm³/mol. The van der Waals surface area contributed by atoms with Crippen LogP contribution in [0, 0.1) is 5.41 Å². The van der Waals surface area contributed by atoms with Crippen LogP contribution in [-0.4, -0.2) is 108 Å². The number of carbonyl (C=O) groups excluding carboxylic acids is 3. The molecule has 2 aromatic heterocycles. The third kappa shape index (κ3) is 23.4. The number of amides is 2. The summed E-state index contributed by atoms with van der Waals surface area (Å²) in [7, 11) is -17.3. The molecular weight excluding hydrogens is 986 g/mol.